The van der Waals surface area contributed by atoms with Crippen LogP contribution in [0.5, 0.6) is 0 Å². The summed E-state index contributed by atoms with van der Waals surface area (Å²) < 4.78 is 13.2. The molecule has 1 aromatic carbocycles. The number of aromatic amines is 1. The second-order valence-corrected chi connectivity index (χ2v) is 4.10. The van der Waals surface area contributed by atoms with Gasteiger partial charge in [-0.15, -0.1) is 0 Å². The van der Waals surface area contributed by atoms with Crippen LogP contribution in [0.15, 0.2) is 30.3 Å². The van der Waals surface area contributed by atoms with Crippen LogP contribution in [0, 0.1) is 28.7 Å². The van der Waals surface area contributed by atoms with Crippen molar-refractivity contribution >= 4 is 12.2 Å². The number of hydrogen-bond donors (Lipinski definition) is 1. The molecule has 0 atom stereocenters. The molecule has 0 amide bonds. The quantitative estimate of drug-likeness (QED) is 0.776. The molecule has 0 saturated carbocycles. The van der Waals surface area contributed by atoms with Crippen LogP contribution >= 0.6 is 12.2 Å². The molecule has 1 heterocycles. The average Bonchev–Trinajstić information content (AvgIpc) is 2.33. The number of nitrogens with one attached hydrogen (secondary N) is 1. The summed E-state index contributed by atoms with van der Waals surface area (Å²) in [5.41, 5.74) is 3.01. The number of hydrogen-bond acceptors (Lipinski definition) is 2. The fraction of sp³-hybridized carbons (Fsp3) is 0.0769. The lowest BCUT2D eigenvalue weighted by Crippen LogP contribution is -1.92. The average molecular weight is 244 g/mol. The minimum Gasteiger partial charge on any atom is -0.345 e. The maximum Gasteiger partial charge on any atom is 0.123 e. The summed E-state index contributed by atoms with van der Waals surface area (Å²) in [5, 5.41) is 8.85. The van der Waals surface area contributed by atoms with Crippen LogP contribution in [0.3, 0.4) is 0 Å². The zero-order chi connectivity index (χ0) is 12.4. The first-order chi connectivity index (χ1) is 8.11. The Balaban J connectivity index is 2.61. The monoisotopic (exact) mass is 244 g/mol. The normalized spacial score (nSPS) is 9.94. The van der Waals surface area contributed by atoms with Crippen molar-refractivity contribution in [1.29, 1.82) is 5.26 Å². The van der Waals surface area contributed by atoms with Crippen molar-refractivity contribution in [2.45, 2.75) is 6.92 Å². The van der Waals surface area contributed by atoms with Crippen LogP contribution < -0.4 is 0 Å². The molecule has 1 aromatic heterocycles. The third-order valence-corrected chi connectivity index (χ3v) is 2.81. The maximum atomic E-state index is 12.8. The van der Waals surface area contributed by atoms with E-state index in [2.05, 4.69) is 4.98 Å². The highest BCUT2D eigenvalue weighted by Crippen LogP contribution is 2.22. The molecule has 0 spiro atoms. The van der Waals surface area contributed by atoms with Gasteiger partial charge in [-0.1, -0.05) is 12.2 Å². The van der Waals surface area contributed by atoms with Crippen LogP contribution in [-0.2, 0) is 0 Å². The molecule has 0 aliphatic rings. The highest BCUT2D eigenvalue weighted by molar-refractivity contribution is 7.71. The summed E-state index contributed by atoms with van der Waals surface area (Å²) in [4.78, 5) is 3.00. The summed E-state index contributed by atoms with van der Waals surface area (Å²) in [6, 6.07) is 9.90. The lowest BCUT2D eigenvalue weighted by atomic mass is 10.1. The van der Waals surface area contributed by atoms with E-state index in [1.165, 1.54) is 12.1 Å². The number of halogens is 1. The Labute approximate surface area is 103 Å². The van der Waals surface area contributed by atoms with Crippen LogP contribution in [0.25, 0.3) is 11.3 Å². The molecule has 2 rings (SSSR count). The standard InChI is InChI=1S/C13H9FN2S/c1-8-6-10(7-15)13(17)16-12(8)9-2-4-11(14)5-3-9/h2-6H,1H3,(H,16,17). The maximum absolute atomic E-state index is 12.8. The Morgan fingerprint density at radius 1 is 1.29 bits per heavy atom. The molecule has 0 unspecified atom stereocenters. The van der Waals surface area contributed by atoms with Gasteiger partial charge in [-0.3, -0.25) is 0 Å². The molecule has 0 fully saturated rings. The molecule has 84 valence electrons. The van der Waals surface area contributed by atoms with Crippen molar-refractivity contribution < 1.29 is 4.39 Å². The Kier molecular flexibility index (Phi) is 3.03. The smallest absolute Gasteiger partial charge is 0.123 e. The van der Waals surface area contributed by atoms with Gasteiger partial charge in [0.25, 0.3) is 0 Å². The molecule has 0 aliphatic heterocycles. The van der Waals surface area contributed by atoms with Gasteiger partial charge >= 0.3 is 0 Å². The summed E-state index contributed by atoms with van der Waals surface area (Å²) in [7, 11) is 0. The van der Waals surface area contributed by atoms with Crippen molar-refractivity contribution in [1.82, 2.24) is 4.98 Å². The van der Waals surface area contributed by atoms with Gasteiger partial charge in [0.05, 0.1) is 5.56 Å². The van der Waals surface area contributed by atoms with Gasteiger partial charge in [0.1, 0.15) is 16.5 Å². The number of pyridine rings is 1. The fourth-order valence-electron chi connectivity index (χ4n) is 1.63. The molecule has 0 radical (unpaired) electrons. The molecule has 4 heteroatoms. The molecule has 2 nitrogen and oxygen atoms in total. The second kappa shape index (κ2) is 4.48. The van der Waals surface area contributed by atoms with Crippen molar-refractivity contribution in [2.75, 3.05) is 0 Å². The number of aromatic nitrogens is 1. The van der Waals surface area contributed by atoms with E-state index in [1.807, 2.05) is 13.0 Å². The molecule has 2 aromatic rings. The fourth-order valence-corrected chi connectivity index (χ4v) is 1.84. The molecule has 0 saturated heterocycles. The van der Waals surface area contributed by atoms with E-state index >= 15 is 0 Å². The van der Waals surface area contributed by atoms with E-state index in [9.17, 15) is 4.39 Å². The summed E-state index contributed by atoms with van der Waals surface area (Å²) in [5.74, 6) is -0.279. The Bertz CT molecular complexity index is 651. The minimum absolute atomic E-state index is 0.279. The van der Waals surface area contributed by atoms with Gasteiger partial charge in [-0.25, -0.2) is 4.39 Å². The van der Waals surface area contributed by atoms with E-state index in [0.717, 1.165) is 16.8 Å². The summed E-state index contributed by atoms with van der Waals surface area (Å²) in [6.45, 7) is 1.88. The summed E-state index contributed by atoms with van der Waals surface area (Å²) in [6.07, 6.45) is 0. The Morgan fingerprint density at radius 3 is 2.53 bits per heavy atom. The zero-order valence-electron chi connectivity index (χ0n) is 9.12. The predicted octanol–water partition coefficient (Wildman–Crippen LogP) is 3.73. The van der Waals surface area contributed by atoms with Crippen LogP contribution in [0.2, 0.25) is 0 Å². The highest BCUT2D eigenvalue weighted by atomic mass is 32.1. The van der Waals surface area contributed by atoms with E-state index in [4.69, 9.17) is 17.5 Å². The van der Waals surface area contributed by atoms with Gasteiger partial charge in [0.15, 0.2) is 0 Å². The number of nitriles is 1. The Hall–Kier alpha value is -1.99. The lowest BCUT2D eigenvalue weighted by Gasteiger charge is -2.06. The molecule has 0 bridgehead atoms. The largest absolute Gasteiger partial charge is 0.345 e. The van der Waals surface area contributed by atoms with Crippen molar-refractivity contribution in [3.63, 3.8) is 0 Å². The third-order valence-electron chi connectivity index (χ3n) is 2.49. The van der Waals surface area contributed by atoms with E-state index in [1.54, 1.807) is 18.2 Å². The van der Waals surface area contributed by atoms with E-state index in [0.29, 0.717) is 10.2 Å². The SMILES string of the molecule is Cc1cc(C#N)c(=S)[nH]c1-c1ccc(F)cc1. The number of H-pyrrole nitrogens is 1. The minimum atomic E-state index is -0.279. The predicted molar refractivity (Wildman–Crippen MR) is 66.5 cm³/mol. The number of nitrogens with zero attached hydrogens (tertiary/aromatic N) is 1. The van der Waals surface area contributed by atoms with Crippen molar-refractivity contribution in [2.24, 2.45) is 0 Å². The van der Waals surface area contributed by atoms with Gasteiger partial charge in [-0.2, -0.15) is 5.26 Å². The topological polar surface area (TPSA) is 39.6 Å². The molecular weight excluding hydrogens is 235 g/mol. The van der Waals surface area contributed by atoms with Crippen molar-refractivity contribution in [3.8, 4) is 17.3 Å². The van der Waals surface area contributed by atoms with E-state index in [-0.39, 0.29) is 5.82 Å². The lowest BCUT2D eigenvalue weighted by molar-refractivity contribution is 0.628. The molecule has 17 heavy (non-hydrogen) atoms. The first kappa shape index (κ1) is 11.5. The first-order valence-electron chi connectivity index (χ1n) is 5.02. The zero-order valence-corrected chi connectivity index (χ0v) is 9.94. The first-order valence-corrected chi connectivity index (χ1v) is 5.42. The van der Waals surface area contributed by atoms with E-state index < -0.39 is 0 Å². The molecule has 1 N–H and O–H groups in total. The molecular formula is C13H9FN2S. The second-order valence-electron chi connectivity index (χ2n) is 3.69. The van der Waals surface area contributed by atoms with Gasteiger partial charge in [0.2, 0.25) is 0 Å². The van der Waals surface area contributed by atoms with Crippen LogP contribution in [-0.4, -0.2) is 4.98 Å². The Morgan fingerprint density at radius 2 is 1.94 bits per heavy atom. The third kappa shape index (κ3) is 2.24. The number of benzene rings is 1. The number of aryl methyl sites for hydroxylation is 1. The summed E-state index contributed by atoms with van der Waals surface area (Å²) >= 11 is 5.07. The molecule has 0 aliphatic carbocycles. The van der Waals surface area contributed by atoms with Gasteiger partial charge < -0.3 is 4.98 Å². The highest BCUT2D eigenvalue weighted by Gasteiger charge is 2.05. The van der Waals surface area contributed by atoms with Crippen molar-refractivity contribution in [3.05, 3.63) is 51.9 Å². The van der Waals surface area contributed by atoms with Gasteiger partial charge in [0, 0.05) is 5.69 Å². The van der Waals surface area contributed by atoms with Crippen LogP contribution in [0.1, 0.15) is 11.1 Å². The van der Waals surface area contributed by atoms with Crippen LogP contribution in [0.4, 0.5) is 4.39 Å². The van der Waals surface area contributed by atoms with Gasteiger partial charge in [-0.05, 0) is 48.4 Å². The number of rotatable bonds is 1.